The lowest BCUT2D eigenvalue weighted by Gasteiger charge is -2.04. The van der Waals surface area contributed by atoms with Crippen molar-refractivity contribution in [2.75, 3.05) is 0 Å². The Labute approximate surface area is 117 Å². The van der Waals surface area contributed by atoms with Crippen LogP contribution in [0, 0.1) is 20.2 Å². The highest BCUT2D eigenvalue weighted by Gasteiger charge is 2.34. The van der Waals surface area contributed by atoms with Crippen LogP contribution >= 0.6 is 0 Å². The lowest BCUT2D eigenvalue weighted by Crippen LogP contribution is -2.07. The van der Waals surface area contributed by atoms with Gasteiger partial charge in [0.15, 0.2) is 0 Å². The first-order chi connectivity index (χ1) is 9.74. The molecule has 0 saturated heterocycles. The number of rotatable bonds is 6. The third kappa shape index (κ3) is 3.40. The van der Waals surface area contributed by atoms with Crippen LogP contribution in [0.15, 0.2) is 35.3 Å². The fourth-order valence-corrected chi connectivity index (χ4v) is 2.65. The zero-order chi connectivity index (χ0) is 16.2. The summed E-state index contributed by atoms with van der Waals surface area (Å²) in [5, 5.41) is 30.3. The summed E-state index contributed by atoms with van der Waals surface area (Å²) in [6.45, 7) is 3.31. The fourth-order valence-electron chi connectivity index (χ4n) is 1.47. The molecule has 1 aromatic rings. The van der Waals surface area contributed by atoms with E-state index in [1.807, 2.05) is 0 Å². The van der Waals surface area contributed by atoms with Gasteiger partial charge in [0.2, 0.25) is 14.7 Å². The number of nitro benzene ring substituents is 2. The molecule has 0 amide bonds. The molecular weight excluding hydrogens is 308 g/mol. The van der Waals surface area contributed by atoms with Crippen LogP contribution in [0.1, 0.15) is 5.56 Å². The van der Waals surface area contributed by atoms with Gasteiger partial charge in [0, 0.05) is 12.1 Å². The average Bonchev–Trinajstić information content (AvgIpc) is 2.43. The van der Waals surface area contributed by atoms with Gasteiger partial charge in [-0.05, 0) is 5.56 Å². The van der Waals surface area contributed by atoms with E-state index in [0.29, 0.717) is 6.26 Å². The Morgan fingerprint density at radius 3 is 2.00 bits per heavy atom. The zero-order valence-corrected chi connectivity index (χ0v) is 11.0. The lowest BCUT2D eigenvalue weighted by molar-refractivity contribution is -0.399. The molecule has 1 aromatic carbocycles. The minimum atomic E-state index is -4.58. The maximum Gasteiger partial charge on any atom is 0.296 e. The van der Waals surface area contributed by atoms with E-state index in [2.05, 4.69) is 11.5 Å². The van der Waals surface area contributed by atoms with Crippen LogP contribution in [-0.4, -0.2) is 23.5 Å². The van der Waals surface area contributed by atoms with Crippen molar-refractivity contribution >= 4 is 27.3 Å². The second-order valence-electron chi connectivity index (χ2n) is 3.53. The van der Waals surface area contributed by atoms with Gasteiger partial charge in [0.25, 0.3) is 11.4 Å². The van der Waals surface area contributed by atoms with Gasteiger partial charge in [-0.1, -0.05) is 12.7 Å². The molecule has 0 unspecified atom stereocenters. The van der Waals surface area contributed by atoms with E-state index < -0.39 is 36.0 Å². The van der Waals surface area contributed by atoms with E-state index >= 15 is 0 Å². The molecule has 1 N–H and O–H groups in total. The number of benzene rings is 1. The van der Waals surface area contributed by atoms with Gasteiger partial charge >= 0.3 is 0 Å². The summed E-state index contributed by atoms with van der Waals surface area (Å²) in [7, 11) is -4.58. The predicted molar refractivity (Wildman–Crippen MR) is 69.9 cm³/mol. The fraction of sp³-hybridized carbons (Fsp3) is 0. The molecular formula is C10H8N2O8S. The smallest absolute Gasteiger partial charge is 0.296 e. The van der Waals surface area contributed by atoms with E-state index in [1.54, 1.807) is 0 Å². The quantitative estimate of drug-likeness (QED) is 0.361. The van der Waals surface area contributed by atoms with Crippen LogP contribution < -0.4 is 0 Å². The summed E-state index contributed by atoms with van der Waals surface area (Å²) in [5.41, 5.74) is -1.96. The van der Waals surface area contributed by atoms with Gasteiger partial charge < -0.3 is 4.89 Å². The van der Waals surface area contributed by atoms with Gasteiger partial charge in [0.05, 0.1) is 15.3 Å². The molecule has 0 spiro atoms. The predicted octanol–water partition coefficient (Wildman–Crippen LogP) is 1.88. The standard InChI is InChI=1S/C10H8N2O8S/c1-2-7-5-8(11(13)14)10(9(6-7)12(15)16)21(18,19)4-3-20-17/h2-6,17H,1H2/b4-3+. The number of nitro groups is 2. The second-order valence-corrected chi connectivity index (χ2v) is 5.30. The molecule has 10 nitrogen and oxygen atoms in total. The Kier molecular flexibility index (Phi) is 4.73. The van der Waals surface area contributed by atoms with Crippen LogP contribution in [0.4, 0.5) is 11.4 Å². The molecule has 0 aliphatic rings. The highest BCUT2D eigenvalue weighted by atomic mass is 32.2. The van der Waals surface area contributed by atoms with E-state index in [4.69, 9.17) is 5.26 Å². The highest BCUT2D eigenvalue weighted by Crippen LogP contribution is 2.35. The molecule has 0 fully saturated rings. The number of nitrogens with zero attached hydrogens (tertiary/aromatic N) is 2. The summed E-state index contributed by atoms with van der Waals surface area (Å²) in [6, 6.07) is 1.67. The molecule has 0 aliphatic heterocycles. The first-order valence-corrected chi connectivity index (χ1v) is 6.60. The van der Waals surface area contributed by atoms with E-state index in [1.165, 1.54) is 0 Å². The SMILES string of the molecule is C=Cc1cc([N+](=O)[O-])c(S(=O)(=O)/C=C/OO)c([N+](=O)[O-])c1. The maximum absolute atomic E-state index is 11.9. The van der Waals surface area contributed by atoms with Crippen LogP contribution in [0.25, 0.3) is 6.08 Å². The van der Waals surface area contributed by atoms with Crippen molar-refractivity contribution < 1.29 is 28.4 Å². The molecule has 0 bridgehead atoms. The molecule has 21 heavy (non-hydrogen) atoms. The first-order valence-electron chi connectivity index (χ1n) is 5.05. The van der Waals surface area contributed by atoms with Gasteiger partial charge in [-0.15, -0.1) is 0 Å². The molecule has 0 aliphatic carbocycles. The summed E-state index contributed by atoms with van der Waals surface area (Å²) in [4.78, 5) is 22.1. The molecule has 11 heteroatoms. The zero-order valence-electron chi connectivity index (χ0n) is 10.2. The van der Waals surface area contributed by atoms with E-state index in [0.717, 1.165) is 18.2 Å². The molecule has 0 radical (unpaired) electrons. The van der Waals surface area contributed by atoms with Crippen LogP contribution in [0.5, 0.6) is 0 Å². The van der Waals surface area contributed by atoms with E-state index in [-0.39, 0.29) is 11.0 Å². The minimum Gasteiger partial charge on any atom is -0.347 e. The van der Waals surface area contributed by atoms with Crippen molar-refractivity contribution in [1.82, 2.24) is 0 Å². The van der Waals surface area contributed by atoms with Crippen molar-refractivity contribution in [3.05, 3.63) is 56.2 Å². The van der Waals surface area contributed by atoms with Gasteiger partial charge in [-0.2, -0.15) is 0 Å². The largest absolute Gasteiger partial charge is 0.347 e. The topological polar surface area (TPSA) is 150 Å². The van der Waals surface area contributed by atoms with Crippen LogP contribution in [-0.2, 0) is 14.7 Å². The lowest BCUT2D eigenvalue weighted by atomic mass is 10.1. The van der Waals surface area contributed by atoms with Gasteiger partial charge in [-0.3, -0.25) is 20.2 Å². The normalized spacial score (nSPS) is 11.3. The molecule has 0 heterocycles. The Balaban J connectivity index is 3.85. The van der Waals surface area contributed by atoms with E-state index in [9.17, 15) is 28.6 Å². The second kappa shape index (κ2) is 6.11. The third-order valence-electron chi connectivity index (χ3n) is 2.28. The van der Waals surface area contributed by atoms with Crippen molar-refractivity contribution in [3.63, 3.8) is 0 Å². The molecule has 0 atom stereocenters. The third-order valence-corrected chi connectivity index (χ3v) is 3.74. The van der Waals surface area contributed by atoms with Crippen LogP contribution in [0.3, 0.4) is 0 Å². The van der Waals surface area contributed by atoms with Crippen molar-refractivity contribution in [2.45, 2.75) is 4.90 Å². The van der Waals surface area contributed by atoms with Crippen molar-refractivity contribution in [1.29, 1.82) is 0 Å². The molecule has 1 rings (SSSR count). The maximum atomic E-state index is 11.9. The summed E-state index contributed by atoms with van der Waals surface area (Å²) >= 11 is 0. The minimum absolute atomic E-state index is 0.00902. The Morgan fingerprint density at radius 2 is 1.67 bits per heavy atom. The Hall–Kier alpha value is -2.79. The summed E-state index contributed by atoms with van der Waals surface area (Å²) < 4.78 is 23.9. The molecule has 0 saturated carbocycles. The van der Waals surface area contributed by atoms with Gasteiger partial charge in [0.1, 0.15) is 6.26 Å². The van der Waals surface area contributed by atoms with Crippen LogP contribution in [0.2, 0.25) is 0 Å². The first kappa shape index (κ1) is 16.3. The molecule has 0 aromatic heterocycles. The average molecular weight is 316 g/mol. The van der Waals surface area contributed by atoms with Crippen molar-refractivity contribution in [2.24, 2.45) is 0 Å². The van der Waals surface area contributed by atoms with Crippen molar-refractivity contribution in [3.8, 4) is 0 Å². The number of hydrogen-bond acceptors (Lipinski definition) is 8. The summed E-state index contributed by atoms with van der Waals surface area (Å²) in [6.07, 6.45) is 1.41. The Bertz CT molecular complexity index is 702. The number of sulfone groups is 1. The highest BCUT2D eigenvalue weighted by molar-refractivity contribution is 7.94. The number of hydrogen-bond donors (Lipinski definition) is 1. The molecule has 112 valence electrons. The Morgan fingerprint density at radius 1 is 1.19 bits per heavy atom. The summed E-state index contributed by atoms with van der Waals surface area (Å²) in [5.74, 6) is 0. The monoisotopic (exact) mass is 316 g/mol. The van der Waals surface area contributed by atoms with Gasteiger partial charge in [-0.25, -0.2) is 13.7 Å².